The van der Waals surface area contributed by atoms with Gasteiger partial charge >= 0.3 is 0 Å². The minimum Gasteiger partial charge on any atom is -0.392 e. The molecule has 0 amide bonds. The summed E-state index contributed by atoms with van der Waals surface area (Å²) in [5, 5.41) is 9.72. The SMILES string of the molecule is OCc1ccc(F)c(-c2cccc(Cl)c2Cl)c1. The van der Waals surface area contributed by atoms with Gasteiger partial charge in [0, 0.05) is 11.1 Å². The van der Waals surface area contributed by atoms with Gasteiger partial charge in [-0.1, -0.05) is 41.4 Å². The molecule has 2 aromatic rings. The van der Waals surface area contributed by atoms with Crippen LogP contribution in [0.25, 0.3) is 11.1 Å². The Morgan fingerprint density at radius 3 is 2.53 bits per heavy atom. The molecule has 1 nitrogen and oxygen atoms in total. The van der Waals surface area contributed by atoms with E-state index in [9.17, 15) is 4.39 Å². The maximum absolute atomic E-state index is 13.7. The monoisotopic (exact) mass is 270 g/mol. The Morgan fingerprint density at radius 2 is 1.82 bits per heavy atom. The van der Waals surface area contributed by atoms with Crippen molar-refractivity contribution in [3.05, 3.63) is 57.8 Å². The summed E-state index contributed by atoms with van der Waals surface area (Å²) >= 11 is 11.9. The average Bonchev–Trinajstić information content (AvgIpc) is 2.34. The third-order valence-corrected chi connectivity index (χ3v) is 3.27. The Bertz CT molecular complexity index is 555. The molecule has 0 aromatic heterocycles. The quantitative estimate of drug-likeness (QED) is 0.863. The summed E-state index contributed by atoms with van der Waals surface area (Å²) in [6, 6.07) is 9.42. The Hall–Kier alpha value is -1.09. The lowest BCUT2D eigenvalue weighted by atomic mass is 10.0. The van der Waals surface area contributed by atoms with Gasteiger partial charge in [-0.2, -0.15) is 0 Å². The first kappa shape index (κ1) is 12.4. The molecule has 0 aliphatic rings. The zero-order chi connectivity index (χ0) is 12.4. The molecule has 0 bridgehead atoms. The molecule has 17 heavy (non-hydrogen) atoms. The third-order valence-electron chi connectivity index (χ3n) is 2.46. The lowest BCUT2D eigenvalue weighted by Gasteiger charge is -2.08. The minimum absolute atomic E-state index is 0.147. The molecule has 0 unspecified atom stereocenters. The topological polar surface area (TPSA) is 20.2 Å². The van der Waals surface area contributed by atoms with Crippen LogP contribution in [0.3, 0.4) is 0 Å². The number of rotatable bonds is 2. The van der Waals surface area contributed by atoms with Crippen molar-refractivity contribution in [2.75, 3.05) is 0 Å². The van der Waals surface area contributed by atoms with Crippen molar-refractivity contribution < 1.29 is 9.50 Å². The first-order valence-corrected chi connectivity index (χ1v) is 5.72. The van der Waals surface area contributed by atoms with Crippen molar-refractivity contribution in [1.29, 1.82) is 0 Å². The van der Waals surface area contributed by atoms with E-state index in [1.807, 2.05) is 0 Å². The van der Waals surface area contributed by atoms with Gasteiger partial charge in [-0.3, -0.25) is 0 Å². The van der Waals surface area contributed by atoms with Crippen LogP contribution < -0.4 is 0 Å². The summed E-state index contributed by atoms with van der Waals surface area (Å²) in [4.78, 5) is 0. The van der Waals surface area contributed by atoms with Crippen LogP contribution in [-0.2, 0) is 6.61 Å². The van der Waals surface area contributed by atoms with Gasteiger partial charge in [0.25, 0.3) is 0 Å². The van der Waals surface area contributed by atoms with Crippen molar-refractivity contribution in [2.45, 2.75) is 6.61 Å². The van der Waals surface area contributed by atoms with Gasteiger partial charge < -0.3 is 5.11 Å². The van der Waals surface area contributed by atoms with E-state index in [0.717, 1.165) is 0 Å². The van der Waals surface area contributed by atoms with E-state index in [0.29, 0.717) is 26.7 Å². The number of halogens is 3. The van der Waals surface area contributed by atoms with E-state index in [2.05, 4.69) is 0 Å². The van der Waals surface area contributed by atoms with Crippen LogP contribution in [0.4, 0.5) is 4.39 Å². The molecule has 88 valence electrons. The fourth-order valence-electron chi connectivity index (χ4n) is 1.59. The first-order chi connectivity index (χ1) is 8.13. The molecule has 0 spiro atoms. The van der Waals surface area contributed by atoms with Gasteiger partial charge in [-0.25, -0.2) is 4.39 Å². The number of aliphatic hydroxyl groups is 1. The Morgan fingerprint density at radius 1 is 1.06 bits per heavy atom. The molecule has 0 saturated heterocycles. The maximum Gasteiger partial charge on any atom is 0.131 e. The smallest absolute Gasteiger partial charge is 0.131 e. The normalized spacial score (nSPS) is 10.6. The van der Waals surface area contributed by atoms with Crippen molar-refractivity contribution in [3.63, 3.8) is 0 Å². The third kappa shape index (κ3) is 2.44. The predicted octanol–water partition coefficient (Wildman–Crippen LogP) is 4.29. The molecule has 0 saturated carbocycles. The van der Waals surface area contributed by atoms with E-state index < -0.39 is 5.82 Å². The second-order valence-corrected chi connectivity index (χ2v) is 4.36. The maximum atomic E-state index is 13.7. The highest BCUT2D eigenvalue weighted by atomic mass is 35.5. The molecular formula is C13H9Cl2FO. The number of hydrogen-bond donors (Lipinski definition) is 1. The molecule has 1 N–H and O–H groups in total. The van der Waals surface area contributed by atoms with Crippen molar-refractivity contribution in [3.8, 4) is 11.1 Å². The van der Waals surface area contributed by atoms with Gasteiger partial charge in [-0.05, 0) is 23.8 Å². The molecule has 4 heteroatoms. The van der Waals surface area contributed by atoms with Crippen LogP contribution in [0.2, 0.25) is 10.0 Å². The van der Waals surface area contributed by atoms with Gasteiger partial charge in [0.15, 0.2) is 0 Å². The molecule has 0 aliphatic heterocycles. The van der Waals surface area contributed by atoms with Crippen molar-refractivity contribution >= 4 is 23.2 Å². The van der Waals surface area contributed by atoms with Crippen LogP contribution in [-0.4, -0.2) is 5.11 Å². The molecule has 2 aromatic carbocycles. The second-order valence-electron chi connectivity index (χ2n) is 3.57. The predicted molar refractivity (Wildman–Crippen MR) is 67.8 cm³/mol. The number of benzene rings is 2. The fraction of sp³-hybridized carbons (Fsp3) is 0.0769. The Kier molecular flexibility index (Phi) is 3.67. The highest BCUT2D eigenvalue weighted by Gasteiger charge is 2.11. The van der Waals surface area contributed by atoms with E-state index in [1.165, 1.54) is 12.1 Å². The summed E-state index contributed by atoms with van der Waals surface area (Å²) in [6.45, 7) is -0.147. The summed E-state index contributed by atoms with van der Waals surface area (Å²) in [5.41, 5.74) is 1.48. The lowest BCUT2D eigenvalue weighted by Crippen LogP contribution is -1.90. The largest absolute Gasteiger partial charge is 0.392 e. The average molecular weight is 271 g/mol. The van der Waals surface area contributed by atoms with Crippen molar-refractivity contribution in [2.24, 2.45) is 0 Å². The van der Waals surface area contributed by atoms with E-state index in [-0.39, 0.29) is 6.61 Å². The Balaban J connectivity index is 2.63. The standard InChI is InChI=1S/C13H9Cl2FO/c14-11-3-1-2-9(13(11)15)10-6-8(7-17)4-5-12(10)16/h1-6,17H,7H2. The highest BCUT2D eigenvalue weighted by molar-refractivity contribution is 6.43. The lowest BCUT2D eigenvalue weighted by molar-refractivity contribution is 0.282. The number of hydrogen-bond acceptors (Lipinski definition) is 1. The molecule has 2 rings (SSSR count). The van der Waals surface area contributed by atoms with Crippen molar-refractivity contribution in [1.82, 2.24) is 0 Å². The molecule has 0 aliphatic carbocycles. The highest BCUT2D eigenvalue weighted by Crippen LogP contribution is 2.35. The summed E-state index contributed by atoms with van der Waals surface area (Å²) in [7, 11) is 0. The fourth-order valence-corrected chi connectivity index (χ4v) is 1.99. The zero-order valence-corrected chi connectivity index (χ0v) is 10.3. The molecule has 0 heterocycles. The van der Waals surface area contributed by atoms with Gasteiger partial charge in [0.1, 0.15) is 5.82 Å². The van der Waals surface area contributed by atoms with E-state index in [1.54, 1.807) is 24.3 Å². The van der Waals surface area contributed by atoms with E-state index >= 15 is 0 Å². The summed E-state index contributed by atoms with van der Waals surface area (Å²) < 4.78 is 13.7. The summed E-state index contributed by atoms with van der Waals surface area (Å²) in [5.74, 6) is -0.397. The van der Waals surface area contributed by atoms with Crippen LogP contribution in [0.15, 0.2) is 36.4 Å². The molecule has 0 radical (unpaired) electrons. The van der Waals surface area contributed by atoms with Crippen LogP contribution >= 0.6 is 23.2 Å². The van der Waals surface area contributed by atoms with Gasteiger partial charge in [-0.15, -0.1) is 0 Å². The molecule has 0 atom stereocenters. The van der Waals surface area contributed by atoms with Crippen LogP contribution in [0, 0.1) is 5.82 Å². The molecule has 0 fully saturated rings. The van der Waals surface area contributed by atoms with Gasteiger partial charge in [0.2, 0.25) is 0 Å². The number of aliphatic hydroxyl groups excluding tert-OH is 1. The molecular weight excluding hydrogens is 262 g/mol. The Labute approximate surface area is 108 Å². The van der Waals surface area contributed by atoms with Crippen LogP contribution in [0.1, 0.15) is 5.56 Å². The second kappa shape index (κ2) is 5.05. The zero-order valence-electron chi connectivity index (χ0n) is 8.75. The minimum atomic E-state index is -0.397. The van der Waals surface area contributed by atoms with E-state index in [4.69, 9.17) is 28.3 Å². The first-order valence-electron chi connectivity index (χ1n) is 4.97. The van der Waals surface area contributed by atoms with Gasteiger partial charge in [0.05, 0.1) is 16.7 Å². The summed E-state index contributed by atoms with van der Waals surface area (Å²) in [6.07, 6.45) is 0. The van der Waals surface area contributed by atoms with Crippen LogP contribution in [0.5, 0.6) is 0 Å².